The summed E-state index contributed by atoms with van der Waals surface area (Å²) < 4.78 is 46.7. The Hall–Kier alpha value is -5.15. The predicted octanol–water partition coefficient (Wildman–Crippen LogP) is 13.5. The molecule has 0 saturated heterocycles. The standard InChI is InChI=1S/C27H22NO.C23H24N.Ir/c1-27(2,3)20-14-15-28-24(17-20)23-11-7-10-22-21-13-12-19(16-25(21)29-26(22)23)18-8-5-4-6-9-18;1-17-10-12-20(14-21(17)19-8-6-5-7-9-19)22-13-11-18(16-24-22)15-23(2,3)4;/h4-10,12-17H,1-3H3;5-11,13-14,16H,15H2,1-4H3;/q2*-1;/i;1D3,15D2;. The van der Waals surface area contributed by atoms with Gasteiger partial charge in [0.1, 0.15) is 5.58 Å². The van der Waals surface area contributed by atoms with Gasteiger partial charge in [-0.1, -0.05) is 156 Å². The van der Waals surface area contributed by atoms with Crippen LogP contribution in [0.3, 0.4) is 0 Å². The van der Waals surface area contributed by atoms with Crippen LogP contribution in [-0.4, -0.2) is 9.97 Å². The summed E-state index contributed by atoms with van der Waals surface area (Å²) in [6, 6.07) is 47.6. The summed E-state index contributed by atoms with van der Waals surface area (Å²) in [5.41, 5.74) is 10.1. The van der Waals surface area contributed by atoms with Crippen LogP contribution in [0.5, 0.6) is 0 Å². The Kier molecular flexibility index (Phi) is 9.61. The zero-order valence-electron chi connectivity index (χ0n) is 36.4. The Labute approximate surface area is 340 Å². The van der Waals surface area contributed by atoms with E-state index in [2.05, 4.69) is 104 Å². The first-order valence-corrected chi connectivity index (χ1v) is 17.9. The van der Waals surface area contributed by atoms with Crippen molar-refractivity contribution in [2.24, 2.45) is 5.41 Å². The summed E-state index contributed by atoms with van der Waals surface area (Å²) in [6.07, 6.45) is 1.90. The van der Waals surface area contributed by atoms with Gasteiger partial charge in [0.05, 0.1) is 5.58 Å². The average Bonchev–Trinajstić information content (AvgIpc) is 3.59. The fourth-order valence-corrected chi connectivity index (χ4v) is 6.33. The number of pyridine rings is 2. The fraction of sp³-hybridized carbons (Fsp3) is 0.200. The second-order valence-corrected chi connectivity index (χ2v) is 15.3. The molecular formula is C50H46IrN2O-2. The number of aromatic nitrogens is 2. The number of hydrogen-bond acceptors (Lipinski definition) is 3. The molecule has 3 nitrogen and oxygen atoms in total. The van der Waals surface area contributed by atoms with E-state index in [0.29, 0.717) is 22.4 Å². The maximum absolute atomic E-state index is 8.39. The van der Waals surface area contributed by atoms with Crippen LogP contribution in [0.15, 0.2) is 144 Å². The molecule has 8 aromatic rings. The summed E-state index contributed by atoms with van der Waals surface area (Å²) in [6.45, 7) is 9.95. The van der Waals surface area contributed by atoms with Gasteiger partial charge >= 0.3 is 0 Å². The van der Waals surface area contributed by atoms with Crippen molar-refractivity contribution in [2.45, 2.75) is 60.2 Å². The number of fused-ring (bicyclic) bond motifs is 3. The van der Waals surface area contributed by atoms with Crippen LogP contribution in [0.25, 0.3) is 66.7 Å². The molecule has 0 N–H and O–H groups in total. The first-order chi connectivity index (χ1) is 27.4. The van der Waals surface area contributed by atoms with Crippen molar-refractivity contribution in [2.75, 3.05) is 0 Å². The molecule has 3 heterocycles. The van der Waals surface area contributed by atoms with Crippen LogP contribution in [0.1, 0.15) is 65.1 Å². The van der Waals surface area contributed by atoms with E-state index in [1.165, 1.54) is 17.2 Å². The van der Waals surface area contributed by atoms with Crippen LogP contribution in [0.4, 0.5) is 0 Å². The van der Waals surface area contributed by atoms with Crippen molar-refractivity contribution < 1.29 is 31.4 Å². The molecule has 0 aliphatic heterocycles. The molecule has 8 rings (SSSR count). The van der Waals surface area contributed by atoms with E-state index in [4.69, 9.17) is 11.3 Å². The minimum absolute atomic E-state index is 0. The van der Waals surface area contributed by atoms with Gasteiger partial charge in [-0.25, -0.2) is 0 Å². The van der Waals surface area contributed by atoms with E-state index in [9.17, 15) is 0 Å². The Balaban J connectivity index is 0.000000195. The quantitative estimate of drug-likeness (QED) is 0.162. The van der Waals surface area contributed by atoms with Gasteiger partial charge in [-0.2, -0.15) is 0 Å². The summed E-state index contributed by atoms with van der Waals surface area (Å²) in [4.78, 5) is 9.06. The number of furan rings is 1. The van der Waals surface area contributed by atoms with Crippen molar-refractivity contribution in [3.8, 4) is 44.8 Å². The van der Waals surface area contributed by atoms with Crippen LogP contribution in [0, 0.1) is 24.4 Å². The van der Waals surface area contributed by atoms with E-state index in [0.717, 1.165) is 44.3 Å². The van der Waals surface area contributed by atoms with Crippen LogP contribution in [0.2, 0.25) is 0 Å². The summed E-state index contributed by atoms with van der Waals surface area (Å²) in [5, 5.41) is 2.21. The largest absolute Gasteiger partial charge is 0.501 e. The maximum Gasteiger partial charge on any atom is 0.121 e. The second kappa shape index (κ2) is 16.1. The SMILES string of the molecule is CC(C)(C)c1ccnc(-c2[c-]ccc3c2oc2cc(-c4ccccc4)ccc23)c1.[2H]C([2H])([2H])c1c[c-]c(-c2ccc(C([2H])([2H])C(C)(C)C)cn2)cc1-c1ccccc1.[Ir]. The van der Waals surface area contributed by atoms with Crippen LogP contribution in [-0.2, 0) is 31.9 Å². The molecule has 0 spiro atoms. The molecule has 0 atom stereocenters. The summed E-state index contributed by atoms with van der Waals surface area (Å²) in [5.74, 6) is 0. The number of rotatable bonds is 5. The zero-order valence-corrected chi connectivity index (χ0v) is 33.8. The van der Waals surface area contributed by atoms with Crippen molar-refractivity contribution in [1.29, 1.82) is 0 Å². The van der Waals surface area contributed by atoms with Crippen molar-refractivity contribution >= 4 is 21.9 Å². The molecule has 0 fully saturated rings. The van der Waals surface area contributed by atoms with E-state index < -0.39 is 18.6 Å². The van der Waals surface area contributed by atoms with Gasteiger partial charge in [0.25, 0.3) is 0 Å². The number of aryl methyl sites for hydroxylation is 1. The van der Waals surface area contributed by atoms with Gasteiger partial charge in [-0.3, -0.25) is 0 Å². The number of nitrogens with zero attached hydrogens (tertiary/aromatic N) is 2. The van der Waals surface area contributed by atoms with E-state index in [-0.39, 0.29) is 31.1 Å². The molecular weight excluding hydrogens is 837 g/mol. The minimum atomic E-state index is -2.25. The Morgan fingerprint density at radius 2 is 1.44 bits per heavy atom. The molecule has 273 valence electrons. The van der Waals surface area contributed by atoms with Crippen molar-refractivity contribution in [3.05, 3.63) is 169 Å². The molecule has 0 bridgehead atoms. The Morgan fingerprint density at radius 1 is 0.704 bits per heavy atom. The second-order valence-electron chi connectivity index (χ2n) is 15.3. The molecule has 3 aromatic heterocycles. The van der Waals surface area contributed by atoms with Crippen molar-refractivity contribution in [1.82, 2.24) is 9.97 Å². The third kappa shape index (κ3) is 8.79. The fourth-order valence-electron chi connectivity index (χ4n) is 6.33. The smallest absolute Gasteiger partial charge is 0.121 e. The summed E-state index contributed by atoms with van der Waals surface area (Å²) >= 11 is 0. The van der Waals surface area contributed by atoms with Gasteiger partial charge in [-0.15, -0.1) is 47.5 Å². The molecule has 5 aromatic carbocycles. The Morgan fingerprint density at radius 3 is 2.11 bits per heavy atom. The van der Waals surface area contributed by atoms with E-state index in [1.807, 2.05) is 69.4 Å². The Bertz CT molecular complexity index is 2700. The van der Waals surface area contributed by atoms with E-state index in [1.54, 1.807) is 24.4 Å². The molecule has 0 saturated carbocycles. The third-order valence-corrected chi connectivity index (χ3v) is 9.02. The predicted molar refractivity (Wildman–Crippen MR) is 222 cm³/mol. The normalized spacial score (nSPS) is 13.4. The van der Waals surface area contributed by atoms with Crippen molar-refractivity contribution in [3.63, 3.8) is 0 Å². The van der Waals surface area contributed by atoms with Crippen LogP contribution >= 0.6 is 0 Å². The van der Waals surface area contributed by atoms with E-state index >= 15 is 0 Å². The monoisotopic (exact) mass is 888 g/mol. The van der Waals surface area contributed by atoms with Gasteiger partial charge in [-0.05, 0) is 68.5 Å². The molecule has 0 aliphatic rings. The van der Waals surface area contributed by atoms with Gasteiger partial charge in [0.2, 0.25) is 0 Å². The molecule has 4 heteroatoms. The number of hydrogen-bond donors (Lipinski definition) is 0. The third-order valence-electron chi connectivity index (χ3n) is 9.02. The zero-order chi connectivity index (χ0) is 41.5. The first kappa shape index (κ1) is 32.3. The van der Waals surface area contributed by atoms with Gasteiger partial charge < -0.3 is 14.4 Å². The topological polar surface area (TPSA) is 38.9 Å². The minimum Gasteiger partial charge on any atom is -0.501 e. The molecule has 0 unspecified atom stereocenters. The van der Waals surface area contributed by atoms with Crippen LogP contribution < -0.4 is 0 Å². The molecule has 54 heavy (non-hydrogen) atoms. The molecule has 0 amide bonds. The molecule has 1 radical (unpaired) electrons. The first-order valence-electron chi connectivity index (χ1n) is 20.4. The van der Waals surface area contributed by atoms with Gasteiger partial charge in [0, 0.05) is 44.7 Å². The van der Waals surface area contributed by atoms with Gasteiger partial charge in [0.15, 0.2) is 0 Å². The maximum atomic E-state index is 8.39. The molecule has 0 aliphatic carbocycles. The average molecular weight is 888 g/mol. The summed E-state index contributed by atoms with van der Waals surface area (Å²) in [7, 11) is 0. The number of benzene rings is 5.